The summed E-state index contributed by atoms with van der Waals surface area (Å²) in [4.78, 5) is 26.9. The van der Waals surface area contributed by atoms with Crippen LogP contribution in [0.1, 0.15) is 25.0 Å². The molecule has 0 bridgehead atoms. The summed E-state index contributed by atoms with van der Waals surface area (Å²) in [5.41, 5.74) is -0.0811. The van der Waals surface area contributed by atoms with Crippen molar-refractivity contribution in [3.63, 3.8) is 0 Å². The number of imide groups is 1. The summed E-state index contributed by atoms with van der Waals surface area (Å²) in [5.74, 6) is -0.952. The van der Waals surface area contributed by atoms with E-state index in [0.717, 1.165) is 17.0 Å². The molecule has 1 N–H and O–H groups in total. The molecule has 4 nitrogen and oxygen atoms in total. The summed E-state index contributed by atoms with van der Waals surface area (Å²) >= 11 is 0. The minimum atomic E-state index is -4.51. The normalized spacial score (nSPS) is 15.0. The Hall–Kier alpha value is -3.09. The molecule has 0 aromatic heterocycles. The zero-order valence-electron chi connectivity index (χ0n) is 15.4. The second-order valence-electron chi connectivity index (χ2n) is 6.93. The van der Waals surface area contributed by atoms with E-state index in [4.69, 9.17) is 0 Å². The topological polar surface area (TPSA) is 49.4 Å². The average molecular weight is 388 g/mol. The second kappa shape index (κ2) is 7.50. The van der Waals surface area contributed by atoms with Gasteiger partial charge in [0.25, 0.3) is 11.8 Å². The minimum absolute atomic E-state index is 0.0174. The predicted octanol–water partition coefficient (Wildman–Crippen LogP) is 4.55. The zero-order chi connectivity index (χ0) is 20.5. The van der Waals surface area contributed by atoms with Gasteiger partial charge >= 0.3 is 6.18 Å². The molecule has 2 amide bonds. The van der Waals surface area contributed by atoms with Crippen LogP contribution in [0, 0.1) is 5.92 Å². The number of alkyl halides is 3. The van der Waals surface area contributed by atoms with E-state index in [0.29, 0.717) is 5.56 Å². The third kappa shape index (κ3) is 3.93. The number of benzene rings is 2. The van der Waals surface area contributed by atoms with Gasteiger partial charge in [-0.3, -0.25) is 14.5 Å². The van der Waals surface area contributed by atoms with Gasteiger partial charge in [0.05, 0.1) is 11.1 Å². The number of rotatable bonds is 5. The Labute approximate surface area is 160 Å². The van der Waals surface area contributed by atoms with Crippen LogP contribution >= 0.6 is 0 Å². The quantitative estimate of drug-likeness (QED) is 0.765. The van der Waals surface area contributed by atoms with Gasteiger partial charge in [0.1, 0.15) is 5.70 Å². The first-order valence-corrected chi connectivity index (χ1v) is 8.78. The van der Waals surface area contributed by atoms with Crippen molar-refractivity contribution >= 4 is 23.1 Å². The summed E-state index contributed by atoms with van der Waals surface area (Å²) in [6.45, 7) is 3.98. The van der Waals surface area contributed by atoms with Gasteiger partial charge in [0.15, 0.2) is 0 Å². The van der Waals surface area contributed by atoms with Gasteiger partial charge < -0.3 is 5.32 Å². The number of hydrogen-bond acceptors (Lipinski definition) is 3. The summed E-state index contributed by atoms with van der Waals surface area (Å²) in [5, 5.41) is 2.75. The fraction of sp³-hybridized carbons (Fsp3) is 0.238. The first-order chi connectivity index (χ1) is 13.2. The van der Waals surface area contributed by atoms with Crippen LogP contribution in [-0.4, -0.2) is 23.3 Å². The molecule has 2 aromatic rings. The molecule has 7 heteroatoms. The lowest BCUT2D eigenvalue weighted by Gasteiger charge is -2.17. The number of carbonyl (C=O) groups excluding carboxylic acids is 2. The average Bonchev–Trinajstić information content (AvgIpc) is 2.86. The van der Waals surface area contributed by atoms with Crippen LogP contribution in [0.15, 0.2) is 60.3 Å². The fourth-order valence-corrected chi connectivity index (χ4v) is 3.01. The van der Waals surface area contributed by atoms with Crippen molar-refractivity contribution in [3.05, 3.63) is 71.4 Å². The van der Waals surface area contributed by atoms with E-state index in [1.807, 2.05) is 13.8 Å². The molecule has 0 saturated carbocycles. The highest BCUT2D eigenvalue weighted by Crippen LogP contribution is 2.34. The lowest BCUT2D eigenvalue weighted by molar-refractivity contribution is -0.138. The number of halogens is 3. The van der Waals surface area contributed by atoms with E-state index in [2.05, 4.69) is 5.32 Å². The van der Waals surface area contributed by atoms with Gasteiger partial charge in [-0.2, -0.15) is 13.2 Å². The number of carbonyl (C=O) groups is 2. The van der Waals surface area contributed by atoms with Crippen molar-refractivity contribution < 1.29 is 22.8 Å². The van der Waals surface area contributed by atoms with Gasteiger partial charge in [-0.25, -0.2) is 0 Å². The molecule has 1 aliphatic rings. The van der Waals surface area contributed by atoms with Crippen molar-refractivity contribution in [1.82, 2.24) is 4.90 Å². The number of anilines is 1. The number of hydrogen-bond donors (Lipinski definition) is 1. The molecule has 0 atom stereocenters. The zero-order valence-corrected chi connectivity index (χ0v) is 15.4. The maximum Gasteiger partial charge on any atom is 0.416 e. The van der Waals surface area contributed by atoms with E-state index in [-0.39, 0.29) is 29.4 Å². The Morgan fingerprint density at radius 2 is 1.64 bits per heavy atom. The maximum atomic E-state index is 13.0. The van der Waals surface area contributed by atoms with Gasteiger partial charge in [0.2, 0.25) is 0 Å². The second-order valence-corrected chi connectivity index (χ2v) is 6.93. The molecular weight excluding hydrogens is 369 g/mol. The summed E-state index contributed by atoms with van der Waals surface area (Å²) in [6, 6.07) is 13.1. The van der Waals surface area contributed by atoms with Crippen LogP contribution in [-0.2, 0) is 15.8 Å². The Bertz CT molecular complexity index is 934. The first kappa shape index (κ1) is 19.7. The first-order valence-electron chi connectivity index (χ1n) is 8.78. The Morgan fingerprint density at radius 3 is 2.25 bits per heavy atom. The van der Waals surface area contributed by atoms with Gasteiger partial charge in [-0.1, -0.05) is 50.2 Å². The minimum Gasteiger partial charge on any atom is -0.350 e. The molecule has 0 unspecified atom stereocenters. The van der Waals surface area contributed by atoms with Crippen molar-refractivity contribution in [2.45, 2.75) is 20.0 Å². The number of nitrogens with zero attached hydrogens (tertiary/aromatic N) is 1. The number of nitrogens with one attached hydrogen (secondary N) is 1. The van der Waals surface area contributed by atoms with Gasteiger partial charge in [-0.05, 0) is 29.7 Å². The number of amides is 2. The fourth-order valence-electron chi connectivity index (χ4n) is 3.01. The highest BCUT2D eigenvalue weighted by atomic mass is 19.4. The molecule has 3 rings (SSSR count). The van der Waals surface area contributed by atoms with Crippen LogP contribution < -0.4 is 5.32 Å². The highest BCUT2D eigenvalue weighted by Gasteiger charge is 2.39. The Kier molecular flexibility index (Phi) is 5.27. The van der Waals surface area contributed by atoms with Gasteiger partial charge in [-0.15, -0.1) is 0 Å². The molecule has 0 saturated heterocycles. The molecule has 0 spiro atoms. The van der Waals surface area contributed by atoms with E-state index >= 15 is 0 Å². The molecule has 1 aliphatic heterocycles. The molecule has 0 radical (unpaired) electrons. The molecule has 0 fully saturated rings. The molecule has 146 valence electrons. The maximum absolute atomic E-state index is 13.0. The molecule has 1 heterocycles. The van der Waals surface area contributed by atoms with Crippen LogP contribution in [0.5, 0.6) is 0 Å². The van der Waals surface area contributed by atoms with E-state index in [1.54, 1.807) is 30.3 Å². The van der Waals surface area contributed by atoms with E-state index < -0.39 is 23.6 Å². The van der Waals surface area contributed by atoms with Crippen molar-refractivity contribution in [2.24, 2.45) is 5.92 Å². The smallest absolute Gasteiger partial charge is 0.350 e. The monoisotopic (exact) mass is 388 g/mol. The Morgan fingerprint density at radius 1 is 0.964 bits per heavy atom. The Balaban J connectivity index is 2.05. The van der Waals surface area contributed by atoms with Crippen LogP contribution in [0.4, 0.5) is 18.9 Å². The molecule has 28 heavy (non-hydrogen) atoms. The van der Waals surface area contributed by atoms with Crippen molar-refractivity contribution in [2.75, 3.05) is 11.9 Å². The van der Waals surface area contributed by atoms with Crippen LogP contribution in [0.3, 0.4) is 0 Å². The molecular formula is C21H19F3N2O2. The summed E-state index contributed by atoms with van der Waals surface area (Å²) in [6.07, 6.45) is -4.51. The van der Waals surface area contributed by atoms with Crippen molar-refractivity contribution in [1.29, 1.82) is 0 Å². The molecule has 2 aromatic carbocycles. The molecule has 0 aliphatic carbocycles. The highest BCUT2D eigenvalue weighted by molar-refractivity contribution is 6.36. The predicted molar refractivity (Wildman–Crippen MR) is 100.0 cm³/mol. The van der Waals surface area contributed by atoms with E-state index in [9.17, 15) is 22.8 Å². The third-order valence-electron chi connectivity index (χ3n) is 4.24. The third-order valence-corrected chi connectivity index (χ3v) is 4.24. The van der Waals surface area contributed by atoms with Crippen molar-refractivity contribution in [3.8, 4) is 0 Å². The largest absolute Gasteiger partial charge is 0.416 e. The SMILES string of the molecule is CC(C)CN1C(=O)C(Nc2cccc(C(F)(F)F)c2)=C(c2ccccc2)C1=O. The lowest BCUT2D eigenvalue weighted by atomic mass is 10.0. The van der Waals surface area contributed by atoms with Gasteiger partial charge in [0, 0.05) is 12.2 Å². The standard InChI is InChI=1S/C21H19F3N2O2/c1-13(2)12-26-19(27)17(14-7-4-3-5-8-14)18(20(26)28)25-16-10-6-9-15(11-16)21(22,23)24/h3-11,13,25H,12H2,1-2H3. The summed E-state index contributed by atoms with van der Waals surface area (Å²) < 4.78 is 39.0. The lowest BCUT2D eigenvalue weighted by Crippen LogP contribution is -2.35. The van der Waals surface area contributed by atoms with Crippen LogP contribution in [0.25, 0.3) is 5.57 Å². The van der Waals surface area contributed by atoms with Crippen LogP contribution in [0.2, 0.25) is 0 Å². The van der Waals surface area contributed by atoms with E-state index in [1.165, 1.54) is 12.1 Å². The summed E-state index contributed by atoms with van der Waals surface area (Å²) in [7, 11) is 0.